The summed E-state index contributed by atoms with van der Waals surface area (Å²) >= 11 is 0. The maximum atomic E-state index is 12.7. The van der Waals surface area contributed by atoms with Gasteiger partial charge in [0.2, 0.25) is 0 Å². The van der Waals surface area contributed by atoms with Crippen LogP contribution in [0.5, 0.6) is 0 Å². The molecule has 0 heterocycles. The van der Waals surface area contributed by atoms with Crippen molar-refractivity contribution < 1.29 is 4.79 Å². The van der Waals surface area contributed by atoms with E-state index in [-0.39, 0.29) is 5.78 Å². The van der Waals surface area contributed by atoms with E-state index in [0.29, 0.717) is 6.54 Å². The van der Waals surface area contributed by atoms with Crippen molar-refractivity contribution in [3.8, 4) is 0 Å². The first-order valence-electron chi connectivity index (χ1n) is 10.2. The van der Waals surface area contributed by atoms with Crippen molar-refractivity contribution in [2.24, 2.45) is 4.99 Å². The zero-order valence-electron chi connectivity index (χ0n) is 16.5. The molecule has 1 aliphatic rings. The van der Waals surface area contributed by atoms with E-state index in [1.807, 2.05) is 13.8 Å². The minimum Gasteiger partial charge on any atom is -0.292 e. The Morgan fingerprint density at radius 3 is 1.72 bits per heavy atom. The lowest BCUT2D eigenvalue weighted by Crippen LogP contribution is -2.11. The van der Waals surface area contributed by atoms with E-state index in [1.165, 1.54) is 69.1 Å². The smallest absolute Gasteiger partial charge is 0.184 e. The Hall–Kier alpha value is -1.44. The summed E-state index contributed by atoms with van der Waals surface area (Å²) in [6, 6.07) is 4.20. The van der Waals surface area contributed by atoms with E-state index in [1.54, 1.807) is 0 Å². The van der Waals surface area contributed by atoms with E-state index < -0.39 is 0 Å². The molecule has 138 valence electrons. The van der Waals surface area contributed by atoms with Gasteiger partial charge in [0, 0.05) is 11.3 Å². The van der Waals surface area contributed by atoms with Gasteiger partial charge in [-0.15, -0.1) is 0 Å². The molecule has 0 bridgehead atoms. The van der Waals surface area contributed by atoms with Gasteiger partial charge in [-0.2, -0.15) is 0 Å². The summed E-state index contributed by atoms with van der Waals surface area (Å²) in [5, 5.41) is 0. The first-order valence-corrected chi connectivity index (χ1v) is 10.2. The summed E-state index contributed by atoms with van der Waals surface area (Å²) in [7, 11) is 0. The number of Topliss-reactive ketones (excluding diaryl/α,β-unsaturated/α-hetero) is 1. The number of hydrogen-bond acceptors (Lipinski definition) is 2. The summed E-state index contributed by atoms with van der Waals surface area (Å²) in [6.07, 6.45) is 14.1. The van der Waals surface area contributed by atoms with Crippen LogP contribution in [0, 0.1) is 20.8 Å². The van der Waals surface area contributed by atoms with Crippen molar-refractivity contribution >= 4 is 11.5 Å². The fourth-order valence-corrected chi connectivity index (χ4v) is 4.06. The molecule has 25 heavy (non-hydrogen) atoms. The molecule has 0 saturated heterocycles. The average molecular weight is 342 g/mol. The largest absolute Gasteiger partial charge is 0.292 e. The van der Waals surface area contributed by atoms with E-state index in [2.05, 4.69) is 19.1 Å². The highest BCUT2D eigenvalue weighted by Gasteiger charge is 2.13. The number of ketones is 1. The van der Waals surface area contributed by atoms with Crippen molar-refractivity contribution in [3.05, 3.63) is 34.4 Å². The second kappa shape index (κ2) is 10.5. The molecule has 1 fully saturated rings. The van der Waals surface area contributed by atoms with Gasteiger partial charge in [-0.3, -0.25) is 9.79 Å². The molecule has 2 nitrogen and oxygen atoms in total. The molecule has 1 aromatic rings. The summed E-state index contributed by atoms with van der Waals surface area (Å²) in [5.41, 5.74) is 5.54. The predicted octanol–water partition coefficient (Wildman–Crippen LogP) is 6.54. The number of hydrogen-bond donors (Lipinski definition) is 0. The fraction of sp³-hybridized carbons (Fsp3) is 0.652. The first-order chi connectivity index (χ1) is 12.1. The minimum atomic E-state index is 0.175. The Morgan fingerprint density at radius 2 is 1.24 bits per heavy atom. The molecule has 2 rings (SSSR count). The lowest BCUT2D eigenvalue weighted by atomic mass is 9.96. The molecule has 0 unspecified atom stereocenters. The van der Waals surface area contributed by atoms with Gasteiger partial charge in [-0.05, 0) is 57.6 Å². The number of benzene rings is 1. The lowest BCUT2D eigenvalue weighted by molar-refractivity contribution is 0.100. The Kier molecular flexibility index (Phi) is 8.37. The minimum absolute atomic E-state index is 0.175. The Bertz CT molecular complexity index is 563. The molecular formula is C23H35NO. The van der Waals surface area contributed by atoms with Crippen molar-refractivity contribution in [2.75, 3.05) is 6.54 Å². The topological polar surface area (TPSA) is 29.4 Å². The molecule has 1 aliphatic carbocycles. The highest BCUT2D eigenvalue weighted by atomic mass is 16.1. The van der Waals surface area contributed by atoms with Gasteiger partial charge in [-0.1, -0.05) is 62.6 Å². The van der Waals surface area contributed by atoms with Crippen LogP contribution < -0.4 is 0 Å². The van der Waals surface area contributed by atoms with Crippen LogP contribution in [0.2, 0.25) is 0 Å². The van der Waals surface area contributed by atoms with Crippen molar-refractivity contribution in [2.45, 2.75) is 91.4 Å². The van der Waals surface area contributed by atoms with E-state index in [0.717, 1.165) is 29.5 Å². The van der Waals surface area contributed by atoms with Crippen LogP contribution in [0.15, 0.2) is 17.1 Å². The average Bonchev–Trinajstić information content (AvgIpc) is 2.53. The molecule has 0 N–H and O–H groups in total. The van der Waals surface area contributed by atoms with Crippen molar-refractivity contribution in [1.29, 1.82) is 0 Å². The second-order valence-electron chi connectivity index (χ2n) is 7.76. The van der Waals surface area contributed by atoms with Crippen molar-refractivity contribution in [1.82, 2.24) is 0 Å². The fourth-order valence-electron chi connectivity index (χ4n) is 4.06. The molecule has 0 radical (unpaired) electrons. The normalized spacial score (nSPS) is 17.5. The molecule has 1 saturated carbocycles. The molecule has 0 spiro atoms. The molecule has 1 aromatic carbocycles. The van der Waals surface area contributed by atoms with Crippen LogP contribution in [0.25, 0.3) is 0 Å². The van der Waals surface area contributed by atoms with Crippen molar-refractivity contribution in [3.63, 3.8) is 0 Å². The Balaban J connectivity index is 2.00. The maximum absolute atomic E-state index is 12.7. The third-order valence-electron chi connectivity index (χ3n) is 5.33. The predicted molar refractivity (Wildman–Crippen MR) is 108 cm³/mol. The molecule has 0 atom stereocenters. The number of aliphatic imine (C=N–C) groups is 1. The van der Waals surface area contributed by atoms with E-state index in [9.17, 15) is 4.79 Å². The number of aryl methyl sites for hydroxylation is 3. The van der Waals surface area contributed by atoms with Crippen LogP contribution in [0.4, 0.5) is 0 Å². The summed E-state index contributed by atoms with van der Waals surface area (Å²) < 4.78 is 0. The first kappa shape index (κ1) is 19.9. The highest BCUT2D eigenvalue weighted by molar-refractivity contribution is 6.01. The summed E-state index contributed by atoms with van der Waals surface area (Å²) in [6.45, 7) is 6.48. The van der Waals surface area contributed by atoms with Crippen LogP contribution in [-0.2, 0) is 0 Å². The zero-order chi connectivity index (χ0) is 18.1. The second-order valence-corrected chi connectivity index (χ2v) is 7.76. The van der Waals surface area contributed by atoms with Crippen LogP contribution in [-0.4, -0.2) is 18.0 Å². The highest BCUT2D eigenvalue weighted by Crippen LogP contribution is 2.18. The third kappa shape index (κ3) is 6.76. The van der Waals surface area contributed by atoms with Gasteiger partial charge in [0.25, 0.3) is 0 Å². The van der Waals surface area contributed by atoms with Gasteiger partial charge in [0.05, 0.1) is 0 Å². The summed E-state index contributed by atoms with van der Waals surface area (Å²) in [5.74, 6) is 0.175. The quantitative estimate of drug-likeness (QED) is 0.574. The van der Waals surface area contributed by atoms with Crippen LogP contribution in [0.1, 0.15) is 97.7 Å². The van der Waals surface area contributed by atoms with E-state index >= 15 is 0 Å². The molecule has 2 heteroatoms. The van der Waals surface area contributed by atoms with Gasteiger partial charge in [-0.25, -0.2) is 0 Å². The summed E-state index contributed by atoms with van der Waals surface area (Å²) in [4.78, 5) is 17.5. The standard InChI is InChI=1S/C23H35NO/c1-18-15-19(2)23(20(3)16-18)22(25)17-24-21-13-11-9-7-5-4-6-8-10-12-14-21/h15-16H,4-14,17H2,1-3H3. The van der Waals surface area contributed by atoms with Gasteiger partial charge >= 0.3 is 0 Å². The SMILES string of the molecule is Cc1cc(C)c(C(=O)CN=C2CCCCCCCCCCC2)c(C)c1. The number of carbonyl (C=O) groups is 1. The van der Waals surface area contributed by atoms with Crippen LogP contribution >= 0.6 is 0 Å². The molecule has 0 amide bonds. The van der Waals surface area contributed by atoms with Gasteiger partial charge in [0.1, 0.15) is 6.54 Å². The van der Waals surface area contributed by atoms with Crippen LogP contribution in [0.3, 0.4) is 0 Å². The lowest BCUT2D eigenvalue weighted by Gasteiger charge is -2.11. The molecule has 0 aromatic heterocycles. The number of rotatable bonds is 3. The van der Waals surface area contributed by atoms with E-state index in [4.69, 9.17) is 4.99 Å². The number of carbonyl (C=O) groups excluding carboxylic acids is 1. The van der Waals surface area contributed by atoms with Gasteiger partial charge < -0.3 is 0 Å². The molecular weight excluding hydrogens is 306 g/mol. The molecule has 0 aliphatic heterocycles. The Labute approximate surface area is 154 Å². The zero-order valence-corrected chi connectivity index (χ0v) is 16.5. The third-order valence-corrected chi connectivity index (χ3v) is 5.33. The Morgan fingerprint density at radius 1 is 0.800 bits per heavy atom. The maximum Gasteiger partial charge on any atom is 0.184 e. The van der Waals surface area contributed by atoms with Gasteiger partial charge in [0.15, 0.2) is 5.78 Å². The monoisotopic (exact) mass is 341 g/mol. The number of nitrogens with zero attached hydrogens (tertiary/aromatic N) is 1.